The van der Waals surface area contributed by atoms with Crippen LogP contribution in [0.2, 0.25) is 0 Å². The van der Waals surface area contributed by atoms with Crippen LogP contribution in [0.3, 0.4) is 0 Å². The van der Waals surface area contributed by atoms with Crippen LogP contribution in [-0.2, 0) is 0 Å². The highest BCUT2D eigenvalue weighted by atomic mass is 79.9. The van der Waals surface area contributed by atoms with Crippen molar-refractivity contribution < 1.29 is 0 Å². The number of nitrogens with two attached hydrogens (primary N) is 1. The molecule has 2 rings (SSSR count). The summed E-state index contributed by atoms with van der Waals surface area (Å²) in [6, 6.07) is 2.43. The van der Waals surface area contributed by atoms with Crippen LogP contribution >= 0.6 is 39.7 Å². The lowest BCUT2D eigenvalue weighted by molar-refractivity contribution is 0.644. The summed E-state index contributed by atoms with van der Waals surface area (Å²) in [5, 5.41) is 2.09. The van der Waals surface area contributed by atoms with E-state index in [4.69, 9.17) is 5.73 Å². The lowest BCUT2D eigenvalue weighted by Crippen LogP contribution is -2.10. The van der Waals surface area contributed by atoms with Crippen molar-refractivity contribution in [2.45, 2.75) is 18.9 Å². The topological polar surface area (TPSA) is 26.0 Å². The summed E-state index contributed by atoms with van der Waals surface area (Å²) in [6.07, 6.45) is 2.63. The average Bonchev–Trinajstić information content (AvgIpc) is 2.74. The lowest BCUT2D eigenvalue weighted by Gasteiger charge is -2.05. The first-order valence-electron chi connectivity index (χ1n) is 3.77. The van der Waals surface area contributed by atoms with Gasteiger partial charge in [0, 0.05) is 20.8 Å². The van der Waals surface area contributed by atoms with Gasteiger partial charge < -0.3 is 5.73 Å². The molecular formula is C8H11BrClNS. The van der Waals surface area contributed by atoms with Gasteiger partial charge in [-0.05, 0) is 40.8 Å². The van der Waals surface area contributed by atoms with Gasteiger partial charge in [0.15, 0.2) is 0 Å². The Hall–Kier alpha value is 0.430. The molecule has 2 N–H and O–H groups in total. The molecular weight excluding hydrogens is 258 g/mol. The molecule has 0 bridgehead atoms. The summed E-state index contributed by atoms with van der Waals surface area (Å²) in [5.74, 6) is 0.764. The molecule has 0 saturated heterocycles. The Morgan fingerprint density at radius 3 is 2.67 bits per heavy atom. The molecule has 12 heavy (non-hydrogen) atoms. The lowest BCUT2D eigenvalue weighted by atomic mass is 10.2. The van der Waals surface area contributed by atoms with Gasteiger partial charge in [-0.15, -0.1) is 23.7 Å². The molecule has 1 aliphatic carbocycles. The molecule has 1 atom stereocenters. The first-order chi connectivity index (χ1) is 5.27. The Morgan fingerprint density at radius 2 is 2.25 bits per heavy atom. The SMILES string of the molecule is Cl.N[C@@H](c1cc(Br)cs1)C1CC1. The van der Waals surface area contributed by atoms with Crippen LogP contribution in [0.5, 0.6) is 0 Å². The molecule has 0 aromatic carbocycles. The average molecular weight is 269 g/mol. The van der Waals surface area contributed by atoms with Crippen LogP contribution in [0.4, 0.5) is 0 Å². The third kappa shape index (κ3) is 2.22. The van der Waals surface area contributed by atoms with Crippen LogP contribution in [0.1, 0.15) is 23.8 Å². The Balaban J connectivity index is 0.000000720. The van der Waals surface area contributed by atoms with Crippen molar-refractivity contribution in [3.8, 4) is 0 Å². The highest BCUT2D eigenvalue weighted by Crippen LogP contribution is 2.41. The molecule has 1 heterocycles. The van der Waals surface area contributed by atoms with Crippen molar-refractivity contribution in [1.82, 2.24) is 0 Å². The predicted octanol–water partition coefficient (Wildman–Crippen LogP) is 3.34. The number of halogens is 2. The highest BCUT2D eigenvalue weighted by Gasteiger charge is 2.30. The standard InChI is InChI=1S/C8H10BrNS.ClH/c9-6-3-7(11-4-6)8(10)5-1-2-5;/h3-5,8H,1-2,10H2;1H/t8-;/m1./s1. The van der Waals surface area contributed by atoms with Crippen LogP contribution in [0.25, 0.3) is 0 Å². The number of rotatable bonds is 2. The highest BCUT2D eigenvalue weighted by molar-refractivity contribution is 9.10. The van der Waals surface area contributed by atoms with E-state index >= 15 is 0 Å². The first kappa shape index (κ1) is 10.5. The van der Waals surface area contributed by atoms with E-state index in [0.29, 0.717) is 6.04 Å². The van der Waals surface area contributed by atoms with E-state index in [1.165, 1.54) is 17.7 Å². The smallest absolute Gasteiger partial charge is 0.0418 e. The minimum Gasteiger partial charge on any atom is -0.323 e. The minimum absolute atomic E-state index is 0. The fourth-order valence-corrected chi connectivity index (χ4v) is 2.73. The van der Waals surface area contributed by atoms with Crippen LogP contribution in [0, 0.1) is 5.92 Å². The molecule has 1 saturated carbocycles. The Morgan fingerprint density at radius 1 is 1.58 bits per heavy atom. The molecule has 0 spiro atoms. The summed E-state index contributed by atoms with van der Waals surface area (Å²) < 4.78 is 1.16. The Labute approximate surface area is 90.9 Å². The molecule has 0 radical (unpaired) electrons. The predicted molar refractivity (Wildman–Crippen MR) is 58.9 cm³/mol. The molecule has 1 aromatic rings. The Bertz CT molecular complexity index is 259. The summed E-state index contributed by atoms with van der Waals surface area (Å²) in [7, 11) is 0. The van der Waals surface area contributed by atoms with Gasteiger partial charge in [0.05, 0.1) is 0 Å². The van der Waals surface area contributed by atoms with E-state index in [1.54, 1.807) is 11.3 Å². The molecule has 68 valence electrons. The van der Waals surface area contributed by atoms with Crippen LogP contribution in [0.15, 0.2) is 15.9 Å². The first-order valence-corrected chi connectivity index (χ1v) is 5.44. The van der Waals surface area contributed by atoms with Crippen molar-refractivity contribution >= 4 is 39.7 Å². The zero-order valence-corrected chi connectivity index (χ0v) is 9.71. The zero-order valence-electron chi connectivity index (χ0n) is 6.50. The summed E-state index contributed by atoms with van der Waals surface area (Å²) >= 11 is 5.18. The van der Waals surface area contributed by atoms with Gasteiger partial charge in [-0.1, -0.05) is 0 Å². The van der Waals surface area contributed by atoms with E-state index in [2.05, 4.69) is 27.4 Å². The normalized spacial score (nSPS) is 18.5. The van der Waals surface area contributed by atoms with E-state index in [-0.39, 0.29) is 12.4 Å². The van der Waals surface area contributed by atoms with Crippen molar-refractivity contribution in [2.75, 3.05) is 0 Å². The number of hydrogen-bond donors (Lipinski definition) is 1. The van der Waals surface area contributed by atoms with E-state index in [0.717, 1.165) is 10.4 Å². The molecule has 1 aliphatic rings. The van der Waals surface area contributed by atoms with Crippen LogP contribution in [-0.4, -0.2) is 0 Å². The van der Waals surface area contributed by atoms with Gasteiger partial charge in [0.25, 0.3) is 0 Å². The molecule has 1 nitrogen and oxygen atoms in total. The second kappa shape index (κ2) is 4.09. The van der Waals surface area contributed by atoms with Gasteiger partial charge in [-0.25, -0.2) is 0 Å². The number of hydrogen-bond acceptors (Lipinski definition) is 2. The fraction of sp³-hybridized carbons (Fsp3) is 0.500. The molecule has 1 fully saturated rings. The van der Waals surface area contributed by atoms with Crippen LogP contribution < -0.4 is 5.73 Å². The molecule has 1 aromatic heterocycles. The van der Waals surface area contributed by atoms with Gasteiger partial charge >= 0.3 is 0 Å². The van der Waals surface area contributed by atoms with E-state index in [9.17, 15) is 0 Å². The van der Waals surface area contributed by atoms with Crippen molar-refractivity contribution in [1.29, 1.82) is 0 Å². The minimum atomic E-state index is 0. The van der Waals surface area contributed by atoms with Crippen molar-refractivity contribution in [3.05, 3.63) is 20.8 Å². The summed E-state index contributed by atoms with van der Waals surface area (Å²) in [4.78, 5) is 1.32. The second-order valence-electron chi connectivity index (χ2n) is 3.03. The third-order valence-electron chi connectivity index (χ3n) is 2.05. The monoisotopic (exact) mass is 267 g/mol. The summed E-state index contributed by atoms with van der Waals surface area (Å²) in [5.41, 5.74) is 6.00. The molecule has 0 unspecified atom stereocenters. The largest absolute Gasteiger partial charge is 0.323 e. The van der Waals surface area contributed by atoms with Gasteiger partial charge in [0.1, 0.15) is 0 Å². The fourth-order valence-electron chi connectivity index (χ4n) is 1.19. The second-order valence-corrected chi connectivity index (χ2v) is 4.89. The molecule has 0 aliphatic heterocycles. The van der Waals surface area contributed by atoms with E-state index < -0.39 is 0 Å². The maximum absolute atomic E-state index is 6.00. The zero-order chi connectivity index (χ0) is 7.84. The molecule has 0 amide bonds. The summed E-state index contributed by atoms with van der Waals surface area (Å²) in [6.45, 7) is 0. The molecule has 4 heteroatoms. The maximum Gasteiger partial charge on any atom is 0.0418 e. The van der Waals surface area contributed by atoms with Gasteiger partial charge in [0.2, 0.25) is 0 Å². The third-order valence-corrected chi connectivity index (χ3v) is 3.84. The van der Waals surface area contributed by atoms with Crippen molar-refractivity contribution in [3.63, 3.8) is 0 Å². The van der Waals surface area contributed by atoms with Crippen molar-refractivity contribution in [2.24, 2.45) is 11.7 Å². The van der Waals surface area contributed by atoms with Gasteiger partial charge in [-0.2, -0.15) is 0 Å². The Kier molecular flexibility index (Phi) is 3.58. The van der Waals surface area contributed by atoms with Gasteiger partial charge in [-0.3, -0.25) is 0 Å². The quantitative estimate of drug-likeness (QED) is 0.875. The number of thiophene rings is 1. The van der Waals surface area contributed by atoms with E-state index in [1.807, 2.05) is 0 Å². The maximum atomic E-state index is 6.00.